The Morgan fingerprint density at radius 2 is 1.47 bits per heavy atom. The first-order valence-electron chi connectivity index (χ1n) is 12.2. The van der Waals surface area contributed by atoms with Crippen molar-refractivity contribution in [2.45, 2.75) is 91.3 Å². The zero-order valence-corrected chi connectivity index (χ0v) is 22.2. The van der Waals surface area contributed by atoms with Gasteiger partial charge in [0.1, 0.15) is 11.8 Å². The molecule has 0 aliphatic carbocycles. The lowest BCUT2D eigenvalue weighted by Crippen LogP contribution is -2.53. The molecular formula is C29H42N2O3. The maximum absolute atomic E-state index is 13.5. The van der Waals surface area contributed by atoms with Crippen LogP contribution < -0.4 is 10.1 Å². The average Bonchev–Trinajstić information content (AvgIpc) is 2.76. The molecule has 0 radical (unpaired) electrons. The van der Waals surface area contributed by atoms with Crippen LogP contribution in [0.1, 0.15) is 78.0 Å². The molecule has 0 heterocycles. The minimum Gasteiger partial charge on any atom is -0.497 e. The summed E-state index contributed by atoms with van der Waals surface area (Å²) < 4.78 is 5.26. The molecule has 186 valence electrons. The van der Waals surface area contributed by atoms with Gasteiger partial charge >= 0.3 is 0 Å². The van der Waals surface area contributed by atoms with Gasteiger partial charge in [-0.2, -0.15) is 0 Å². The van der Waals surface area contributed by atoms with Crippen LogP contribution in [0.2, 0.25) is 0 Å². The molecule has 2 amide bonds. The van der Waals surface area contributed by atoms with Gasteiger partial charge in [-0.1, -0.05) is 64.1 Å². The predicted octanol–water partition coefficient (Wildman–Crippen LogP) is 5.65. The fourth-order valence-electron chi connectivity index (χ4n) is 3.87. The zero-order valence-electron chi connectivity index (χ0n) is 22.2. The van der Waals surface area contributed by atoms with Crippen molar-refractivity contribution in [3.05, 3.63) is 65.2 Å². The minimum atomic E-state index is -0.530. The molecule has 1 atom stereocenters. The first kappa shape index (κ1) is 27.4. The summed E-state index contributed by atoms with van der Waals surface area (Å²) in [7, 11) is 1.63. The fraction of sp³-hybridized carbons (Fsp3) is 0.517. The molecular weight excluding hydrogens is 424 g/mol. The minimum absolute atomic E-state index is 0.0216. The molecule has 0 spiro atoms. The molecule has 1 N–H and O–H groups in total. The molecule has 0 bridgehead atoms. The number of aryl methyl sites for hydroxylation is 1. The summed E-state index contributed by atoms with van der Waals surface area (Å²) in [5.41, 5.74) is 3.09. The van der Waals surface area contributed by atoms with Gasteiger partial charge < -0.3 is 15.0 Å². The van der Waals surface area contributed by atoms with Crippen LogP contribution in [0.15, 0.2) is 48.5 Å². The van der Waals surface area contributed by atoms with Gasteiger partial charge in [0.05, 0.1) is 7.11 Å². The first-order chi connectivity index (χ1) is 15.8. The highest BCUT2D eigenvalue weighted by molar-refractivity contribution is 5.88. The Bertz CT molecular complexity index is 935. The summed E-state index contributed by atoms with van der Waals surface area (Å²) in [6, 6.07) is 15.6. The van der Waals surface area contributed by atoms with Crippen molar-refractivity contribution >= 4 is 11.8 Å². The normalized spacial score (nSPS) is 12.7. The molecule has 2 rings (SSSR count). The Kier molecular flexibility index (Phi) is 9.31. The maximum Gasteiger partial charge on any atom is 0.243 e. The van der Waals surface area contributed by atoms with Crippen LogP contribution in [0.3, 0.4) is 0 Å². The Balaban J connectivity index is 2.22. The second-order valence-electron chi connectivity index (χ2n) is 11.0. The molecule has 0 saturated heterocycles. The second-order valence-corrected chi connectivity index (χ2v) is 11.0. The number of benzene rings is 2. The lowest BCUT2D eigenvalue weighted by atomic mass is 9.86. The summed E-state index contributed by atoms with van der Waals surface area (Å²) >= 11 is 0. The first-order valence-corrected chi connectivity index (χ1v) is 12.2. The summed E-state index contributed by atoms with van der Waals surface area (Å²) in [6.07, 6.45) is 1.54. The summed E-state index contributed by atoms with van der Waals surface area (Å²) in [5.74, 6) is 0.621. The van der Waals surface area contributed by atoms with E-state index in [0.29, 0.717) is 25.8 Å². The van der Waals surface area contributed by atoms with Gasteiger partial charge in [-0.25, -0.2) is 0 Å². The Labute approximate surface area is 205 Å². The molecule has 2 aromatic carbocycles. The molecule has 0 fully saturated rings. The third-order valence-electron chi connectivity index (χ3n) is 5.84. The number of carbonyl (C=O) groups is 2. The number of hydrogen-bond donors (Lipinski definition) is 1. The van der Waals surface area contributed by atoms with Crippen LogP contribution in [0.4, 0.5) is 0 Å². The van der Waals surface area contributed by atoms with E-state index in [4.69, 9.17) is 4.74 Å². The Morgan fingerprint density at radius 1 is 0.912 bits per heavy atom. The van der Waals surface area contributed by atoms with Gasteiger partial charge in [0.2, 0.25) is 11.8 Å². The van der Waals surface area contributed by atoms with E-state index in [-0.39, 0.29) is 22.8 Å². The van der Waals surface area contributed by atoms with Crippen molar-refractivity contribution in [2.75, 3.05) is 7.11 Å². The van der Waals surface area contributed by atoms with Crippen LogP contribution >= 0.6 is 0 Å². The van der Waals surface area contributed by atoms with Crippen LogP contribution in [0.25, 0.3) is 0 Å². The van der Waals surface area contributed by atoms with Crippen molar-refractivity contribution < 1.29 is 14.3 Å². The van der Waals surface area contributed by atoms with Crippen molar-refractivity contribution in [2.24, 2.45) is 0 Å². The second kappa shape index (κ2) is 11.5. The number of hydrogen-bond acceptors (Lipinski definition) is 3. The van der Waals surface area contributed by atoms with Gasteiger partial charge in [-0.15, -0.1) is 0 Å². The highest BCUT2D eigenvalue weighted by atomic mass is 16.5. The Morgan fingerprint density at radius 3 is 1.94 bits per heavy atom. The van der Waals surface area contributed by atoms with E-state index in [2.05, 4.69) is 50.4 Å². The van der Waals surface area contributed by atoms with E-state index in [1.165, 1.54) is 5.56 Å². The summed E-state index contributed by atoms with van der Waals surface area (Å²) in [4.78, 5) is 28.3. The van der Waals surface area contributed by atoms with Gasteiger partial charge in [-0.05, 0) is 67.9 Å². The molecule has 0 aliphatic heterocycles. The van der Waals surface area contributed by atoms with Crippen molar-refractivity contribution in [3.63, 3.8) is 0 Å². The molecule has 5 nitrogen and oxygen atoms in total. The SMILES string of the molecule is CC[C@H](C(=O)NC(C)(C)C)N(Cc1ccc(OC)cc1)C(=O)CCc1ccc(C(C)(C)C)cc1. The average molecular weight is 467 g/mol. The maximum atomic E-state index is 13.5. The van der Waals surface area contributed by atoms with Gasteiger partial charge in [0.25, 0.3) is 0 Å². The number of nitrogens with zero attached hydrogens (tertiary/aromatic N) is 1. The van der Waals surface area contributed by atoms with Crippen LogP contribution in [0, 0.1) is 0 Å². The van der Waals surface area contributed by atoms with Crippen LogP contribution in [0.5, 0.6) is 5.75 Å². The highest BCUT2D eigenvalue weighted by Gasteiger charge is 2.30. The summed E-state index contributed by atoms with van der Waals surface area (Å²) in [6.45, 7) is 14.8. The van der Waals surface area contributed by atoms with Crippen molar-refractivity contribution in [3.8, 4) is 5.75 Å². The van der Waals surface area contributed by atoms with E-state index >= 15 is 0 Å². The molecule has 34 heavy (non-hydrogen) atoms. The number of rotatable bonds is 9. The zero-order chi connectivity index (χ0) is 25.5. The molecule has 0 unspecified atom stereocenters. The van der Waals surface area contributed by atoms with Crippen molar-refractivity contribution in [1.29, 1.82) is 0 Å². The van der Waals surface area contributed by atoms with Gasteiger partial charge in [0, 0.05) is 18.5 Å². The quantitative estimate of drug-likeness (QED) is 0.520. The molecule has 5 heteroatoms. The topological polar surface area (TPSA) is 58.6 Å². The van der Waals surface area contributed by atoms with Gasteiger partial charge in [0.15, 0.2) is 0 Å². The lowest BCUT2D eigenvalue weighted by Gasteiger charge is -2.33. The summed E-state index contributed by atoms with van der Waals surface area (Å²) in [5, 5.41) is 3.05. The third kappa shape index (κ3) is 8.19. The largest absolute Gasteiger partial charge is 0.497 e. The lowest BCUT2D eigenvalue weighted by molar-refractivity contribution is -0.142. The number of carbonyl (C=O) groups excluding carboxylic acids is 2. The number of methoxy groups -OCH3 is 1. The van der Waals surface area contributed by atoms with Crippen LogP contribution in [-0.4, -0.2) is 35.4 Å². The van der Waals surface area contributed by atoms with Gasteiger partial charge in [-0.3, -0.25) is 9.59 Å². The molecule has 0 aliphatic rings. The third-order valence-corrected chi connectivity index (χ3v) is 5.84. The van der Waals surface area contributed by atoms with E-state index in [9.17, 15) is 9.59 Å². The molecule has 0 saturated carbocycles. The number of amides is 2. The monoisotopic (exact) mass is 466 g/mol. The Hall–Kier alpha value is -2.82. The predicted molar refractivity (Wildman–Crippen MR) is 139 cm³/mol. The van der Waals surface area contributed by atoms with E-state index in [1.807, 2.05) is 52.0 Å². The van der Waals surface area contributed by atoms with E-state index < -0.39 is 6.04 Å². The molecule has 0 aromatic heterocycles. The molecule has 2 aromatic rings. The highest BCUT2D eigenvalue weighted by Crippen LogP contribution is 2.23. The van der Waals surface area contributed by atoms with Crippen molar-refractivity contribution in [1.82, 2.24) is 10.2 Å². The number of nitrogens with one attached hydrogen (secondary N) is 1. The number of ether oxygens (including phenoxy) is 1. The van der Waals surface area contributed by atoms with E-state index in [1.54, 1.807) is 12.0 Å². The standard InChI is InChI=1S/C29H42N2O3/c1-9-25(27(33)30-29(5,6)7)31(20-22-12-17-24(34-8)18-13-22)26(32)19-14-21-10-15-23(16-11-21)28(2,3)4/h10-13,15-18,25H,9,14,19-20H2,1-8H3,(H,30,33)/t25-/m1/s1. The van der Waals surface area contributed by atoms with Crippen LogP contribution in [-0.2, 0) is 28.0 Å². The fourth-order valence-corrected chi connectivity index (χ4v) is 3.87. The van der Waals surface area contributed by atoms with E-state index in [0.717, 1.165) is 16.9 Å². The smallest absolute Gasteiger partial charge is 0.243 e.